The van der Waals surface area contributed by atoms with Crippen molar-refractivity contribution in [1.82, 2.24) is 9.55 Å². The van der Waals surface area contributed by atoms with Crippen molar-refractivity contribution in [1.29, 1.82) is 0 Å². The Labute approximate surface area is 117 Å². The summed E-state index contributed by atoms with van der Waals surface area (Å²) in [5.41, 5.74) is 4.87. The van der Waals surface area contributed by atoms with Crippen LogP contribution in [0.1, 0.15) is 46.6 Å². The van der Waals surface area contributed by atoms with E-state index < -0.39 is 0 Å². The molecule has 1 unspecified atom stereocenters. The van der Waals surface area contributed by atoms with Crippen LogP contribution in [0.4, 0.5) is 0 Å². The maximum absolute atomic E-state index is 10.1. The third-order valence-electron chi connectivity index (χ3n) is 3.92. The Kier molecular flexibility index (Phi) is 3.46. The Morgan fingerprint density at radius 2 is 2.32 bits per heavy atom. The van der Waals surface area contributed by atoms with Gasteiger partial charge >= 0.3 is 0 Å². The van der Waals surface area contributed by atoms with Crippen molar-refractivity contribution in [3.8, 4) is 0 Å². The summed E-state index contributed by atoms with van der Waals surface area (Å²) in [7, 11) is 0. The molecular weight excluding hydrogens is 256 g/mol. The lowest BCUT2D eigenvalue weighted by atomic mass is 9.95. The third-order valence-corrected chi connectivity index (χ3v) is 4.94. The Morgan fingerprint density at radius 3 is 3.05 bits per heavy atom. The van der Waals surface area contributed by atoms with E-state index in [1.807, 2.05) is 6.92 Å². The fourth-order valence-corrected chi connectivity index (χ4v) is 3.74. The highest BCUT2D eigenvalue weighted by Crippen LogP contribution is 2.32. The maximum Gasteiger partial charge on any atom is 0.0945 e. The smallest absolute Gasteiger partial charge is 0.0945 e. The second-order valence-corrected chi connectivity index (χ2v) is 6.32. The lowest BCUT2D eigenvalue weighted by Crippen LogP contribution is -2.13. The van der Waals surface area contributed by atoms with Crippen molar-refractivity contribution in [3.05, 3.63) is 39.1 Å². The molecule has 102 valence electrons. The highest BCUT2D eigenvalue weighted by molar-refractivity contribution is 7.09. The zero-order chi connectivity index (χ0) is 13.4. The number of rotatable bonds is 3. The topological polar surface area (TPSA) is 38.0 Å². The molecule has 0 saturated heterocycles. The Morgan fingerprint density at radius 1 is 1.47 bits per heavy atom. The monoisotopic (exact) mass is 276 g/mol. The van der Waals surface area contributed by atoms with Crippen molar-refractivity contribution < 1.29 is 5.11 Å². The molecule has 1 N–H and O–H groups in total. The van der Waals surface area contributed by atoms with Crippen LogP contribution in [0, 0.1) is 13.8 Å². The molecule has 0 spiro atoms. The molecule has 0 radical (unpaired) electrons. The van der Waals surface area contributed by atoms with Gasteiger partial charge in [0.05, 0.1) is 11.1 Å². The molecule has 1 aliphatic carbocycles. The first-order valence-corrected chi connectivity index (χ1v) is 7.81. The summed E-state index contributed by atoms with van der Waals surface area (Å²) in [6.07, 6.45) is 3.81. The predicted molar refractivity (Wildman–Crippen MR) is 77.6 cm³/mol. The molecule has 0 amide bonds. The van der Waals surface area contributed by atoms with Gasteiger partial charge in [0.15, 0.2) is 0 Å². The van der Waals surface area contributed by atoms with E-state index in [4.69, 9.17) is 0 Å². The van der Waals surface area contributed by atoms with Gasteiger partial charge in [-0.1, -0.05) is 0 Å². The summed E-state index contributed by atoms with van der Waals surface area (Å²) >= 11 is 1.74. The molecule has 0 bridgehead atoms. The normalized spacial score (nSPS) is 18.6. The van der Waals surface area contributed by atoms with E-state index in [9.17, 15) is 5.11 Å². The number of thiazole rings is 1. The van der Waals surface area contributed by atoms with E-state index in [0.717, 1.165) is 43.5 Å². The number of aryl methyl sites for hydroxylation is 3. The van der Waals surface area contributed by atoms with Gasteiger partial charge in [-0.05, 0) is 39.2 Å². The van der Waals surface area contributed by atoms with Crippen molar-refractivity contribution in [2.45, 2.75) is 52.2 Å². The van der Waals surface area contributed by atoms with Gasteiger partial charge in [0.1, 0.15) is 0 Å². The van der Waals surface area contributed by atoms with Crippen LogP contribution in [0.5, 0.6) is 0 Å². The SMILES string of the molecule is Cc1csc(CCn2c(C)cc3c2CCCC3O)n1. The second kappa shape index (κ2) is 5.10. The van der Waals surface area contributed by atoms with E-state index in [1.165, 1.54) is 16.4 Å². The molecule has 0 aromatic carbocycles. The van der Waals surface area contributed by atoms with E-state index in [2.05, 4.69) is 27.9 Å². The average molecular weight is 276 g/mol. The second-order valence-electron chi connectivity index (χ2n) is 5.38. The lowest BCUT2D eigenvalue weighted by Gasteiger charge is -2.20. The third kappa shape index (κ3) is 2.47. The molecule has 3 rings (SSSR count). The summed E-state index contributed by atoms with van der Waals surface area (Å²) in [5, 5.41) is 13.4. The quantitative estimate of drug-likeness (QED) is 0.935. The van der Waals surface area contributed by atoms with E-state index >= 15 is 0 Å². The van der Waals surface area contributed by atoms with Crippen LogP contribution in [0.2, 0.25) is 0 Å². The highest BCUT2D eigenvalue weighted by Gasteiger charge is 2.22. The number of hydrogen-bond donors (Lipinski definition) is 1. The summed E-state index contributed by atoms with van der Waals surface area (Å²) in [5.74, 6) is 0. The first kappa shape index (κ1) is 12.9. The van der Waals surface area contributed by atoms with Crippen LogP contribution < -0.4 is 0 Å². The van der Waals surface area contributed by atoms with Gasteiger partial charge in [-0.3, -0.25) is 0 Å². The first-order valence-electron chi connectivity index (χ1n) is 6.93. The molecule has 0 fully saturated rings. The van der Waals surface area contributed by atoms with Gasteiger partial charge in [0, 0.05) is 41.0 Å². The van der Waals surface area contributed by atoms with Gasteiger partial charge in [0.25, 0.3) is 0 Å². The summed E-state index contributed by atoms with van der Waals surface area (Å²) in [6.45, 7) is 5.15. The van der Waals surface area contributed by atoms with Crippen molar-refractivity contribution >= 4 is 11.3 Å². The zero-order valence-corrected chi connectivity index (χ0v) is 12.3. The standard InChI is InChI=1S/C15H20N2OS/c1-10-9-19-15(16-10)6-7-17-11(2)8-12-13(17)4-3-5-14(12)18/h8-9,14,18H,3-7H2,1-2H3. The van der Waals surface area contributed by atoms with Gasteiger partial charge in [-0.25, -0.2) is 4.98 Å². The molecular formula is C15H20N2OS. The molecule has 3 nitrogen and oxygen atoms in total. The fraction of sp³-hybridized carbons (Fsp3) is 0.533. The summed E-state index contributed by atoms with van der Waals surface area (Å²) < 4.78 is 2.37. The molecule has 2 heterocycles. The van der Waals surface area contributed by atoms with Crippen LogP contribution in [-0.2, 0) is 19.4 Å². The van der Waals surface area contributed by atoms with Gasteiger partial charge in [-0.2, -0.15) is 0 Å². The maximum atomic E-state index is 10.1. The Hall–Kier alpha value is -1.13. The number of nitrogens with zero attached hydrogens (tertiary/aromatic N) is 2. The van der Waals surface area contributed by atoms with Crippen molar-refractivity contribution in [2.24, 2.45) is 0 Å². The Bertz CT molecular complexity index is 585. The highest BCUT2D eigenvalue weighted by atomic mass is 32.1. The number of aromatic nitrogens is 2. The van der Waals surface area contributed by atoms with Crippen molar-refractivity contribution in [2.75, 3.05) is 0 Å². The Balaban J connectivity index is 1.81. The van der Waals surface area contributed by atoms with Gasteiger partial charge < -0.3 is 9.67 Å². The van der Waals surface area contributed by atoms with Gasteiger partial charge in [-0.15, -0.1) is 11.3 Å². The minimum absolute atomic E-state index is 0.259. The fourth-order valence-electron chi connectivity index (χ4n) is 2.98. The molecule has 4 heteroatoms. The van der Waals surface area contributed by atoms with Crippen LogP contribution >= 0.6 is 11.3 Å². The number of hydrogen-bond acceptors (Lipinski definition) is 3. The number of fused-ring (bicyclic) bond motifs is 1. The minimum atomic E-state index is -0.259. The van der Waals surface area contributed by atoms with E-state index in [-0.39, 0.29) is 6.10 Å². The van der Waals surface area contributed by atoms with Crippen LogP contribution in [-0.4, -0.2) is 14.7 Å². The first-order chi connectivity index (χ1) is 9.15. The molecule has 2 aromatic rings. The molecule has 2 aromatic heterocycles. The zero-order valence-electron chi connectivity index (χ0n) is 11.5. The summed E-state index contributed by atoms with van der Waals surface area (Å²) in [6, 6.07) is 2.16. The van der Waals surface area contributed by atoms with Crippen LogP contribution in [0.15, 0.2) is 11.4 Å². The van der Waals surface area contributed by atoms with Gasteiger partial charge in [0.2, 0.25) is 0 Å². The van der Waals surface area contributed by atoms with E-state index in [0.29, 0.717) is 0 Å². The van der Waals surface area contributed by atoms with Crippen molar-refractivity contribution in [3.63, 3.8) is 0 Å². The average Bonchev–Trinajstić information content (AvgIpc) is 2.92. The number of aliphatic hydroxyl groups is 1. The molecule has 1 atom stereocenters. The molecule has 19 heavy (non-hydrogen) atoms. The minimum Gasteiger partial charge on any atom is -0.388 e. The van der Waals surface area contributed by atoms with E-state index in [1.54, 1.807) is 11.3 Å². The van der Waals surface area contributed by atoms with Crippen LogP contribution in [0.25, 0.3) is 0 Å². The predicted octanol–water partition coefficient (Wildman–Crippen LogP) is 3.17. The number of aliphatic hydroxyl groups excluding tert-OH is 1. The molecule has 0 saturated carbocycles. The molecule has 0 aliphatic heterocycles. The molecule has 1 aliphatic rings. The summed E-state index contributed by atoms with van der Waals surface area (Å²) in [4.78, 5) is 4.52. The van der Waals surface area contributed by atoms with Crippen LogP contribution in [0.3, 0.4) is 0 Å². The largest absolute Gasteiger partial charge is 0.388 e. The lowest BCUT2D eigenvalue weighted by molar-refractivity contribution is 0.155.